The van der Waals surface area contributed by atoms with E-state index in [-0.39, 0.29) is 0 Å². The summed E-state index contributed by atoms with van der Waals surface area (Å²) in [7, 11) is 0. The van der Waals surface area contributed by atoms with Gasteiger partial charge in [0.25, 0.3) is 0 Å². The Labute approximate surface area is 183 Å². The second-order valence-corrected chi connectivity index (χ2v) is 7.37. The van der Waals surface area contributed by atoms with Gasteiger partial charge in [0.1, 0.15) is 17.4 Å². The van der Waals surface area contributed by atoms with E-state index in [0.717, 1.165) is 5.56 Å². The van der Waals surface area contributed by atoms with Gasteiger partial charge in [0, 0.05) is 16.0 Å². The Balaban J connectivity index is 1.77. The molecule has 4 rings (SSSR count). The fraction of sp³-hybridized carbons (Fsp3) is 0.0909. The molecular weight excluding hydrogens is 453 g/mol. The van der Waals surface area contributed by atoms with Crippen LogP contribution in [0.3, 0.4) is 0 Å². The lowest BCUT2D eigenvalue weighted by atomic mass is 10.1. The molecule has 0 saturated heterocycles. The Morgan fingerprint density at radius 1 is 0.938 bits per heavy atom. The van der Waals surface area contributed by atoms with E-state index < -0.39 is 46.7 Å². The van der Waals surface area contributed by atoms with Gasteiger partial charge in [-0.25, -0.2) is 22.0 Å². The van der Waals surface area contributed by atoms with E-state index in [4.69, 9.17) is 11.6 Å². The lowest BCUT2D eigenvalue weighted by molar-refractivity contribution is -0.119. The van der Waals surface area contributed by atoms with Gasteiger partial charge in [0.05, 0.1) is 5.52 Å². The first kappa shape index (κ1) is 21.8. The van der Waals surface area contributed by atoms with Gasteiger partial charge in [-0.2, -0.15) is 5.10 Å². The SMILES string of the molecule is C[C@H](C(=O)Nc1c(F)c(F)c(F)c(F)c1F)n1nc(-c2ccccc2)c2cc(Cl)ccc21. The number of halogens is 6. The number of aromatic nitrogens is 2. The molecule has 0 radical (unpaired) electrons. The van der Waals surface area contributed by atoms with Crippen molar-refractivity contribution in [2.45, 2.75) is 13.0 Å². The number of amides is 1. The molecule has 0 aliphatic heterocycles. The summed E-state index contributed by atoms with van der Waals surface area (Å²) in [5, 5.41) is 7.28. The van der Waals surface area contributed by atoms with Crippen LogP contribution in [0.5, 0.6) is 0 Å². The van der Waals surface area contributed by atoms with Gasteiger partial charge in [0.15, 0.2) is 23.3 Å². The minimum atomic E-state index is -2.31. The molecular formula is C22H13ClF5N3O. The Morgan fingerprint density at radius 3 is 2.16 bits per heavy atom. The van der Waals surface area contributed by atoms with E-state index in [9.17, 15) is 26.7 Å². The number of nitrogens with zero attached hydrogens (tertiary/aromatic N) is 2. The molecule has 4 aromatic rings. The maximum absolute atomic E-state index is 14.0. The van der Waals surface area contributed by atoms with Gasteiger partial charge in [-0.1, -0.05) is 41.9 Å². The maximum atomic E-state index is 14.0. The highest BCUT2D eigenvalue weighted by molar-refractivity contribution is 6.31. The Kier molecular flexibility index (Phi) is 5.60. The van der Waals surface area contributed by atoms with E-state index in [1.54, 1.807) is 47.8 Å². The largest absolute Gasteiger partial charge is 0.319 e. The standard InChI is InChI=1S/C22H13ClF5N3O/c1-10(22(32)29-21-18(27)16(25)15(24)17(26)19(21)28)31-14-8-7-12(23)9-13(14)20(30-31)11-5-3-2-4-6-11/h2-10H,1H3,(H,29,32)/t10-/m1/s1. The minimum absolute atomic E-state index is 0.424. The van der Waals surface area contributed by atoms with Crippen LogP contribution in [-0.4, -0.2) is 15.7 Å². The van der Waals surface area contributed by atoms with Gasteiger partial charge < -0.3 is 5.32 Å². The maximum Gasteiger partial charge on any atom is 0.249 e. The first-order valence-corrected chi connectivity index (χ1v) is 9.64. The summed E-state index contributed by atoms with van der Waals surface area (Å²) in [4.78, 5) is 12.7. The van der Waals surface area contributed by atoms with Crippen LogP contribution in [0.2, 0.25) is 5.02 Å². The number of hydrogen-bond donors (Lipinski definition) is 1. The third kappa shape index (κ3) is 3.58. The predicted octanol–water partition coefficient (Wildman–Crippen LogP) is 6.25. The number of benzene rings is 3. The fourth-order valence-electron chi connectivity index (χ4n) is 3.27. The molecule has 0 bridgehead atoms. The number of hydrogen-bond acceptors (Lipinski definition) is 2. The number of fused-ring (bicyclic) bond motifs is 1. The molecule has 0 fully saturated rings. The average molecular weight is 466 g/mol. The van der Waals surface area contributed by atoms with Gasteiger partial charge in [-0.15, -0.1) is 0 Å². The average Bonchev–Trinajstić information content (AvgIpc) is 3.17. The van der Waals surface area contributed by atoms with E-state index in [2.05, 4.69) is 5.10 Å². The summed E-state index contributed by atoms with van der Waals surface area (Å²) in [5.41, 5.74) is 0.277. The van der Waals surface area contributed by atoms with Crippen LogP contribution in [0.4, 0.5) is 27.6 Å². The first-order chi connectivity index (χ1) is 15.2. The summed E-state index contributed by atoms with van der Waals surface area (Å²) < 4.78 is 69.5. The van der Waals surface area contributed by atoms with Crippen LogP contribution in [0.15, 0.2) is 48.5 Å². The molecule has 32 heavy (non-hydrogen) atoms. The van der Waals surface area contributed by atoms with Crippen LogP contribution in [0, 0.1) is 29.1 Å². The Hall–Kier alpha value is -3.46. The number of carbonyl (C=O) groups is 1. The van der Waals surface area contributed by atoms with Gasteiger partial charge >= 0.3 is 0 Å². The van der Waals surface area contributed by atoms with E-state index in [0.29, 0.717) is 21.6 Å². The lowest BCUT2D eigenvalue weighted by Crippen LogP contribution is -2.26. The highest BCUT2D eigenvalue weighted by Crippen LogP contribution is 2.33. The van der Waals surface area contributed by atoms with Crippen molar-refractivity contribution >= 4 is 34.1 Å². The summed E-state index contributed by atoms with van der Waals surface area (Å²) in [5.74, 6) is -11.9. The van der Waals surface area contributed by atoms with E-state index in [1.165, 1.54) is 11.6 Å². The number of rotatable bonds is 4. The molecule has 10 heteroatoms. The van der Waals surface area contributed by atoms with Crippen molar-refractivity contribution in [3.8, 4) is 11.3 Å². The van der Waals surface area contributed by atoms with Crippen molar-refractivity contribution in [3.05, 3.63) is 82.6 Å². The van der Waals surface area contributed by atoms with Gasteiger partial charge in [-0.3, -0.25) is 9.48 Å². The normalized spacial score (nSPS) is 12.2. The van der Waals surface area contributed by atoms with Crippen molar-refractivity contribution in [2.24, 2.45) is 0 Å². The lowest BCUT2D eigenvalue weighted by Gasteiger charge is -2.15. The molecule has 1 aromatic heterocycles. The second kappa shape index (κ2) is 8.23. The first-order valence-electron chi connectivity index (χ1n) is 9.26. The molecule has 0 unspecified atom stereocenters. The van der Waals surface area contributed by atoms with Crippen molar-refractivity contribution < 1.29 is 26.7 Å². The second-order valence-electron chi connectivity index (χ2n) is 6.93. The van der Waals surface area contributed by atoms with Crippen molar-refractivity contribution in [2.75, 3.05) is 5.32 Å². The molecule has 0 saturated carbocycles. The molecule has 0 spiro atoms. The monoisotopic (exact) mass is 465 g/mol. The van der Waals surface area contributed by atoms with Gasteiger partial charge in [0.2, 0.25) is 11.7 Å². The molecule has 1 atom stereocenters. The third-order valence-corrected chi connectivity index (χ3v) is 5.15. The molecule has 164 valence electrons. The molecule has 1 heterocycles. The van der Waals surface area contributed by atoms with Crippen LogP contribution in [-0.2, 0) is 4.79 Å². The molecule has 1 N–H and O–H groups in total. The van der Waals surface area contributed by atoms with Crippen LogP contribution in [0.25, 0.3) is 22.2 Å². The molecule has 1 amide bonds. The minimum Gasteiger partial charge on any atom is -0.319 e. The van der Waals surface area contributed by atoms with Crippen LogP contribution >= 0.6 is 11.6 Å². The zero-order chi connectivity index (χ0) is 23.2. The molecule has 0 aliphatic rings. The smallest absolute Gasteiger partial charge is 0.249 e. The van der Waals surface area contributed by atoms with Gasteiger partial charge in [-0.05, 0) is 25.1 Å². The highest BCUT2D eigenvalue weighted by Gasteiger charge is 2.29. The van der Waals surface area contributed by atoms with Crippen molar-refractivity contribution in [1.82, 2.24) is 9.78 Å². The zero-order valence-electron chi connectivity index (χ0n) is 16.3. The zero-order valence-corrected chi connectivity index (χ0v) is 17.0. The summed E-state index contributed by atoms with van der Waals surface area (Å²) >= 11 is 6.11. The molecule has 3 aromatic carbocycles. The predicted molar refractivity (Wildman–Crippen MR) is 110 cm³/mol. The highest BCUT2D eigenvalue weighted by atomic mass is 35.5. The van der Waals surface area contributed by atoms with E-state index in [1.807, 2.05) is 6.07 Å². The third-order valence-electron chi connectivity index (χ3n) is 4.92. The Morgan fingerprint density at radius 2 is 1.53 bits per heavy atom. The van der Waals surface area contributed by atoms with Crippen molar-refractivity contribution in [1.29, 1.82) is 0 Å². The number of nitrogens with one attached hydrogen (secondary N) is 1. The summed E-state index contributed by atoms with van der Waals surface area (Å²) in [6.07, 6.45) is 0. The van der Waals surface area contributed by atoms with E-state index >= 15 is 0 Å². The quantitative estimate of drug-likeness (QED) is 0.220. The number of carbonyl (C=O) groups excluding carboxylic acids is 1. The Bertz CT molecular complexity index is 1330. The van der Waals surface area contributed by atoms with Crippen LogP contribution in [0.1, 0.15) is 13.0 Å². The molecule has 0 aliphatic carbocycles. The summed E-state index contributed by atoms with van der Waals surface area (Å²) in [6.45, 7) is 1.37. The topological polar surface area (TPSA) is 46.9 Å². The van der Waals surface area contributed by atoms with Crippen LogP contribution < -0.4 is 5.32 Å². The fourth-order valence-corrected chi connectivity index (χ4v) is 3.44. The van der Waals surface area contributed by atoms with Crippen molar-refractivity contribution in [3.63, 3.8) is 0 Å². The molecule has 4 nitrogen and oxygen atoms in total. The summed E-state index contributed by atoms with van der Waals surface area (Å²) in [6, 6.07) is 12.7. The number of anilines is 1.